The van der Waals surface area contributed by atoms with Crippen LogP contribution in [-0.2, 0) is 12.3 Å². The van der Waals surface area contributed by atoms with Gasteiger partial charge in [-0.1, -0.05) is 35.5 Å². The fourth-order valence-electron chi connectivity index (χ4n) is 3.11. The van der Waals surface area contributed by atoms with Crippen LogP contribution in [0.25, 0.3) is 26.7 Å². The van der Waals surface area contributed by atoms with Crippen LogP contribution in [0.4, 0.5) is 11.5 Å². The van der Waals surface area contributed by atoms with Gasteiger partial charge < -0.3 is 10.8 Å². The molecule has 0 aliphatic carbocycles. The maximum atomic E-state index is 9.91. The summed E-state index contributed by atoms with van der Waals surface area (Å²) in [6.45, 7) is 7.76. The molecule has 0 spiro atoms. The highest BCUT2D eigenvalue weighted by atomic mass is 35.5. The molecule has 33 heavy (non-hydrogen) atoms. The second-order valence-electron chi connectivity index (χ2n) is 6.75. The lowest BCUT2D eigenvalue weighted by Crippen LogP contribution is -2.03. The van der Waals surface area contributed by atoms with Crippen molar-refractivity contribution in [2.75, 3.05) is 12.3 Å². The number of aliphatic hydroxyl groups excluding tert-OH is 1. The zero-order chi connectivity index (χ0) is 23.4. The van der Waals surface area contributed by atoms with Crippen molar-refractivity contribution in [3.63, 3.8) is 0 Å². The Kier molecular flexibility index (Phi) is 6.92. The van der Waals surface area contributed by atoms with Gasteiger partial charge in [0.05, 0.1) is 36.7 Å². The number of hydrogen-bond donors (Lipinski definition) is 2. The zero-order valence-corrected chi connectivity index (χ0v) is 19.5. The molecule has 0 atom stereocenters. The average Bonchev–Trinajstić information content (AvgIpc) is 3.48. The van der Waals surface area contributed by atoms with Gasteiger partial charge in [-0.3, -0.25) is 4.68 Å². The highest BCUT2D eigenvalue weighted by Gasteiger charge is 2.22. The van der Waals surface area contributed by atoms with E-state index in [1.807, 2.05) is 29.6 Å². The Hall–Kier alpha value is -3.41. The Morgan fingerprint density at radius 2 is 2.06 bits per heavy atom. The normalized spacial score (nSPS) is 10.7. The number of anilines is 1. The molecule has 8 nitrogen and oxygen atoms in total. The summed E-state index contributed by atoms with van der Waals surface area (Å²) in [5.41, 5.74) is 8.99. The predicted octanol–water partition coefficient (Wildman–Crippen LogP) is 5.01. The number of hydrogen-bond acceptors (Lipinski definition) is 8. The Morgan fingerprint density at radius 3 is 2.76 bits per heavy atom. The van der Waals surface area contributed by atoms with Crippen LogP contribution >= 0.6 is 34.7 Å². The molecule has 0 saturated carbocycles. The average molecular weight is 494 g/mol. The summed E-state index contributed by atoms with van der Waals surface area (Å²) in [7, 11) is 0. The third-order valence-electron chi connectivity index (χ3n) is 4.61. The summed E-state index contributed by atoms with van der Waals surface area (Å²) >= 11 is 8.81. The number of pyridine rings is 1. The number of nitrogens with zero attached hydrogens (tertiary/aromatic N) is 6. The third kappa shape index (κ3) is 4.85. The fourth-order valence-corrected chi connectivity index (χ4v) is 5.05. The number of rotatable bonds is 7. The van der Waals surface area contributed by atoms with Gasteiger partial charge in [0.2, 0.25) is 5.69 Å². The molecule has 3 N–H and O–H groups in total. The Morgan fingerprint density at radius 1 is 1.27 bits per heavy atom. The lowest BCUT2D eigenvalue weighted by atomic mass is 10.1. The molecule has 4 aromatic rings. The second kappa shape index (κ2) is 10.0. The van der Waals surface area contributed by atoms with E-state index in [9.17, 15) is 5.26 Å². The molecule has 0 aliphatic heterocycles. The van der Waals surface area contributed by atoms with E-state index in [0.717, 1.165) is 16.3 Å². The first kappa shape index (κ1) is 22.8. The van der Waals surface area contributed by atoms with Crippen molar-refractivity contribution in [2.24, 2.45) is 0 Å². The molecule has 4 rings (SSSR count). The van der Waals surface area contributed by atoms with E-state index in [2.05, 4.69) is 26.0 Å². The van der Waals surface area contributed by atoms with Crippen molar-refractivity contribution in [1.82, 2.24) is 19.7 Å². The van der Waals surface area contributed by atoms with Crippen LogP contribution in [-0.4, -0.2) is 31.5 Å². The van der Waals surface area contributed by atoms with Gasteiger partial charge in [-0.15, -0.1) is 11.3 Å². The Bertz CT molecular complexity index is 1380. The zero-order valence-electron chi connectivity index (χ0n) is 17.1. The summed E-state index contributed by atoms with van der Waals surface area (Å²) in [4.78, 5) is 12.5. The molecule has 3 heterocycles. The number of nitrogen functional groups attached to an aromatic ring is 1. The van der Waals surface area contributed by atoms with Crippen LogP contribution in [0.3, 0.4) is 0 Å². The van der Waals surface area contributed by atoms with Gasteiger partial charge in [0.25, 0.3) is 0 Å². The monoisotopic (exact) mass is 493 g/mol. The smallest absolute Gasteiger partial charge is 0.238 e. The number of nitrogens with two attached hydrogens (primary N) is 1. The number of aromatic nitrogens is 4. The van der Waals surface area contributed by atoms with Gasteiger partial charge in [0, 0.05) is 33.5 Å². The molecule has 1 aromatic carbocycles. The van der Waals surface area contributed by atoms with Gasteiger partial charge in [-0.2, -0.15) is 10.4 Å². The molecule has 0 aliphatic rings. The molecule has 164 valence electrons. The lowest BCUT2D eigenvalue weighted by molar-refractivity contribution is 0.269. The van der Waals surface area contributed by atoms with Gasteiger partial charge in [0.15, 0.2) is 0 Å². The van der Waals surface area contributed by atoms with Crippen molar-refractivity contribution in [2.45, 2.75) is 17.3 Å². The van der Waals surface area contributed by atoms with Crippen LogP contribution < -0.4 is 5.73 Å². The maximum absolute atomic E-state index is 9.91. The summed E-state index contributed by atoms with van der Waals surface area (Å²) in [6.07, 6.45) is 1.68. The van der Waals surface area contributed by atoms with E-state index in [1.54, 1.807) is 16.9 Å². The van der Waals surface area contributed by atoms with Crippen molar-refractivity contribution in [3.05, 3.63) is 69.6 Å². The first-order valence-corrected chi connectivity index (χ1v) is 11.9. The minimum atomic E-state index is -0.0763. The summed E-state index contributed by atoms with van der Waals surface area (Å²) < 4.78 is 1.54. The molecule has 0 bridgehead atoms. The van der Waals surface area contributed by atoms with Crippen molar-refractivity contribution in [3.8, 4) is 27.9 Å². The number of aliphatic hydroxyl groups is 1. The van der Waals surface area contributed by atoms with Crippen LogP contribution in [0.2, 0.25) is 5.02 Å². The Labute approximate surface area is 203 Å². The summed E-state index contributed by atoms with van der Waals surface area (Å²) in [5.74, 6) is 0.513. The molecule has 11 heteroatoms. The molecule has 0 radical (unpaired) electrons. The molecular formula is C22H16ClN7OS2. The van der Waals surface area contributed by atoms with Crippen LogP contribution in [0.5, 0.6) is 0 Å². The molecule has 3 aromatic heterocycles. The highest BCUT2D eigenvalue weighted by Crippen LogP contribution is 2.41. The number of thiazole rings is 1. The minimum absolute atomic E-state index is 0.0401. The highest BCUT2D eigenvalue weighted by molar-refractivity contribution is 7.98. The first-order valence-electron chi connectivity index (χ1n) is 9.63. The lowest BCUT2D eigenvalue weighted by Gasteiger charge is -2.11. The minimum Gasteiger partial charge on any atom is -0.394 e. The van der Waals surface area contributed by atoms with Crippen molar-refractivity contribution >= 4 is 46.2 Å². The number of thioether (sulfide) groups is 1. The number of halogens is 1. The van der Waals surface area contributed by atoms with E-state index >= 15 is 0 Å². The quantitative estimate of drug-likeness (QED) is 0.274. The van der Waals surface area contributed by atoms with E-state index in [-0.39, 0.29) is 23.7 Å². The number of nitriles is 1. The van der Waals surface area contributed by atoms with Gasteiger partial charge in [-0.05, 0) is 18.2 Å². The van der Waals surface area contributed by atoms with Crippen molar-refractivity contribution in [1.29, 1.82) is 5.26 Å². The van der Waals surface area contributed by atoms with Crippen LogP contribution in [0, 0.1) is 17.9 Å². The first-order chi connectivity index (χ1) is 16.0. The van der Waals surface area contributed by atoms with E-state index in [4.69, 9.17) is 29.0 Å². The van der Waals surface area contributed by atoms with Gasteiger partial charge >= 0.3 is 0 Å². The molecule has 0 unspecified atom stereocenters. The van der Waals surface area contributed by atoms with E-state index < -0.39 is 0 Å². The van der Waals surface area contributed by atoms with Crippen LogP contribution in [0.15, 0.2) is 46.9 Å². The summed E-state index contributed by atoms with van der Waals surface area (Å²) in [6, 6.07) is 11.3. The topological polar surface area (TPSA) is 118 Å². The molecule has 0 saturated heterocycles. The number of benzene rings is 1. The van der Waals surface area contributed by atoms with Crippen molar-refractivity contribution < 1.29 is 5.11 Å². The maximum Gasteiger partial charge on any atom is 0.238 e. The van der Waals surface area contributed by atoms with Gasteiger partial charge in [-0.25, -0.2) is 14.8 Å². The standard InChI is InChI=1S/C22H16ClN7OS2/c1-26-19-18(17-6-7-30(29-17)8-9-31)16(10-24)22(28-20(19)25)33-12-15-11-32-21(27-15)13-2-4-14(23)5-3-13/h2-7,11,31H,8-9,12H2,(H2,25,28). The van der Waals surface area contributed by atoms with E-state index in [1.165, 1.54) is 23.1 Å². The predicted molar refractivity (Wildman–Crippen MR) is 130 cm³/mol. The van der Waals surface area contributed by atoms with E-state index in [0.29, 0.717) is 33.6 Å². The molecular weight excluding hydrogens is 478 g/mol. The molecule has 0 amide bonds. The summed E-state index contributed by atoms with van der Waals surface area (Å²) in [5, 5.41) is 27.3. The SMILES string of the molecule is [C-]#[N+]c1c(N)nc(SCc2csc(-c3ccc(Cl)cc3)n2)c(C#N)c1-c1ccn(CCO)n1. The fraction of sp³-hybridized carbons (Fsp3) is 0.136. The largest absolute Gasteiger partial charge is 0.394 e. The second-order valence-corrected chi connectivity index (χ2v) is 9.01. The molecule has 0 fully saturated rings. The van der Waals surface area contributed by atoms with Gasteiger partial charge in [0.1, 0.15) is 21.9 Å². The van der Waals surface area contributed by atoms with Crippen LogP contribution in [0.1, 0.15) is 11.3 Å². The third-order valence-corrected chi connectivity index (χ3v) is 6.82. The Balaban J connectivity index is 1.64.